The van der Waals surface area contributed by atoms with Gasteiger partial charge in [-0.05, 0) is 38.7 Å². The number of carbonyl (C=O) groups excluding carboxylic acids is 1. The first-order valence-corrected chi connectivity index (χ1v) is 8.06. The van der Waals surface area contributed by atoms with Gasteiger partial charge >= 0.3 is 5.97 Å². The number of halogens is 2. The molecule has 0 aliphatic carbocycles. The van der Waals surface area contributed by atoms with E-state index in [2.05, 4.69) is 9.97 Å². The summed E-state index contributed by atoms with van der Waals surface area (Å²) in [5.74, 6) is 0.0474. The van der Waals surface area contributed by atoms with Crippen LogP contribution in [0, 0.1) is 6.92 Å². The summed E-state index contributed by atoms with van der Waals surface area (Å²) in [4.78, 5) is 20.7. The van der Waals surface area contributed by atoms with Gasteiger partial charge < -0.3 is 4.74 Å². The van der Waals surface area contributed by atoms with Gasteiger partial charge in [-0.2, -0.15) is 8.78 Å². The number of aromatic nitrogens is 2. The van der Waals surface area contributed by atoms with Crippen molar-refractivity contribution in [3.63, 3.8) is 0 Å². The third kappa shape index (κ3) is 5.45. The number of hydrogen-bond donors (Lipinski definition) is 0. The molecule has 0 bridgehead atoms. The summed E-state index contributed by atoms with van der Waals surface area (Å²) in [5.41, 5.74) is 1.80. The molecule has 0 aliphatic heterocycles. The highest BCUT2D eigenvalue weighted by Gasteiger charge is 2.13. The van der Waals surface area contributed by atoms with Gasteiger partial charge in [-0.15, -0.1) is 0 Å². The zero-order valence-corrected chi connectivity index (χ0v) is 14.3. The van der Waals surface area contributed by atoms with Crippen LogP contribution in [0.5, 0.6) is 0 Å². The van der Waals surface area contributed by atoms with Gasteiger partial charge in [-0.25, -0.2) is 14.8 Å². The van der Waals surface area contributed by atoms with E-state index in [9.17, 15) is 13.6 Å². The Morgan fingerprint density at radius 2 is 1.88 bits per heavy atom. The molecule has 6 heteroatoms. The van der Waals surface area contributed by atoms with Crippen LogP contribution in [-0.2, 0) is 4.74 Å². The molecule has 1 heterocycles. The molecule has 0 saturated carbocycles. The number of allylic oxidation sites excluding steroid dienone is 1. The van der Waals surface area contributed by atoms with Gasteiger partial charge in [-0.3, -0.25) is 0 Å². The number of nitrogens with zero attached hydrogens (tertiary/aromatic N) is 2. The standard InChI is InChI=1S/C19H20F2N2O2/c1-13(17(20)21)8-6-7-11-25-19(24)16-12-22-18(23-14(16)2)15-9-4-3-5-10-15/h3-5,9-10,12H,6-8,11H2,1-2H3. The third-order valence-corrected chi connectivity index (χ3v) is 3.73. The molecule has 2 aromatic rings. The molecule has 0 fully saturated rings. The predicted octanol–water partition coefficient (Wildman–Crippen LogP) is 4.95. The Balaban J connectivity index is 1.89. The third-order valence-electron chi connectivity index (χ3n) is 3.73. The van der Waals surface area contributed by atoms with Crippen molar-refractivity contribution in [3.05, 3.63) is 59.4 Å². The second kappa shape index (κ2) is 9.01. The lowest BCUT2D eigenvalue weighted by molar-refractivity contribution is 0.0496. The van der Waals surface area contributed by atoms with Gasteiger partial charge in [-0.1, -0.05) is 30.3 Å². The van der Waals surface area contributed by atoms with E-state index >= 15 is 0 Å². The number of carbonyl (C=O) groups is 1. The summed E-state index contributed by atoms with van der Waals surface area (Å²) in [6.07, 6.45) is 1.19. The highest BCUT2D eigenvalue weighted by atomic mass is 19.3. The van der Waals surface area contributed by atoms with E-state index in [4.69, 9.17) is 4.74 Å². The molecular weight excluding hydrogens is 326 g/mol. The van der Waals surface area contributed by atoms with Crippen molar-refractivity contribution in [3.8, 4) is 11.4 Å². The Morgan fingerprint density at radius 3 is 2.52 bits per heavy atom. The number of esters is 1. The number of aryl methyl sites for hydroxylation is 1. The first-order chi connectivity index (χ1) is 12.0. The van der Waals surface area contributed by atoms with Crippen LogP contribution in [0.2, 0.25) is 0 Å². The van der Waals surface area contributed by atoms with Gasteiger partial charge in [0.15, 0.2) is 5.82 Å². The monoisotopic (exact) mass is 346 g/mol. The molecule has 0 N–H and O–H groups in total. The average molecular weight is 346 g/mol. The Bertz CT molecular complexity index is 757. The van der Waals surface area contributed by atoms with Crippen LogP contribution in [-0.4, -0.2) is 22.5 Å². The van der Waals surface area contributed by atoms with E-state index in [0.717, 1.165) is 5.56 Å². The van der Waals surface area contributed by atoms with Gasteiger partial charge in [0.1, 0.15) is 0 Å². The predicted molar refractivity (Wildman–Crippen MR) is 91.3 cm³/mol. The van der Waals surface area contributed by atoms with E-state index < -0.39 is 12.0 Å². The van der Waals surface area contributed by atoms with Gasteiger partial charge in [0, 0.05) is 11.8 Å². The second-order valence-electron chi connectivity index (χ2n) is 5.69. The fourth-order valence-electron chi connectivity index (χ4n) is 2.22. The molecule has 0 saturated heterocycles. The van der Waals surface area contributed by atoms with Crippen molar-refractivity contribution in [1.82, 2.24) is 9.97 Å². The summed E-state index contributed by atoms with van der Waals surface area (Å²) in [7, 11) is 0. The Morgan fingerprint density at radius 1 is 1.16 bits per heavy atom. The fourth-order valence-corrected chi connectivity index (χ4v) is 2.22. The number of hydrogen-bond acceptors (Lipinski definition) is 4. The van der Waals surface area contributed by atoms with Crippen molar-refractivity contribution < 1.29 is 18.3 Å². The van der Waals surface area contributed by atoms with Crippen molar-refractivity contribution in [2.45, 2.75) is 33.1 Å². The van der Waals surface area contributed by atoms with E-state index in [1.807, 2.05) is 30.3 Å². The van der Waals surface area contributed by atoms with Gasteiger partial charge in [0.05, 0.1) is 17.9 Å². The van der Waals surface area contributed by atoms with Crippen LogP contribution in [0.25, 0.3) is 11.4 Å². The minimum atomic E-state index is -1.64. The Kier molecular flexibility index (Phi) is 6.74. The second-order valence-corrected chi connectivity index (χ2v) is 5.69. The molecule has 2 rings (SSSR count). The molecule has 0 atom stereocenters. The van der Waals surface area contributed by atoms with Gasteiger partial charge in [0.2, 0.25) is 0 Å². The van der Waals surface area contributed by atoms with Gasteiger partial charge in [0.25, 0.3) is 6.08 Å². The molecule has 132 valence electrons. The fraction of sp³-hybridized carbons (Fsp3) is 0.316. The van der Waals surface area contributed by atoms with Crippen LogP contribution in [0.4, 0.5) is 8.78 Å². The summed E-state index contributed by atoms with van der Waals surface area (Å²) < 4.78 is 29.7. The largest absolute Gasteiger partial charge is 0.462 e. The SMILES string of the molecule is CC(CCCCOC(=O)c1cnc(-c2ccccc2)nc1C)=C(F)F. The lowest BCUT2D eigenvalue weighted by atomic mass is 10.1. The molecular formula is C19H20F2N2O2. The molecule has 1 aromatic carbocycles. The van der Waals surface area contributed by atoms with E-state index in [1.54, 1.807) is 6.92 Å². The zero-order valence-electron chi connectivity index (χ0n) is 14.3. The van der Waals surface area contributed by atoms with E-state index in [0.29, 0.717) is 36.3 Å². The molecule has 1 aromatic heterocycles. The summed E-state index contributed by atoms with van der Waals surface area (Å²) in [5, 5.41) is 0. The number of rotatable bonds is 7. The molecule has 0 unspecified atom stereocenters. The topological polar surface area (TPSA) is 52.1 Å². The Labute approximate surface area is 145 Å². The molecule has 4 nitrogen and oxygen atoms in total. The van der Waals surface area contributed by atoms with Crippen molar-refractivity contribution in [2.75, 3.05) is 6.61 Å². The first kappa shape index (κ1) is 18.7. The zero-order chi connectivity index (χ0) is 18.2. The molecule has 0 aliphatic rings. The minimum Gasteiger partial charge on any atom is -0.462 e. The number of benzene rings is 1. The summed E-state index contributed by atoms with van der Waals surface area (Å²) >= 11 is 0. The quantitative estimate of drug-likeness (QED) is 0.526. The molecule has 0 radical (unpaired) electrons. The Hall–Kier alpha value is -2.63. The first-order valence-electron chi connectivity index (χ1n) is 8.06. The summed E-state index contributed by atoms with van der Waals surface area (Å²) in [6.45, 7) is 3.30. The van der Waals surface area contributed by atoms with Crippen LogP contribution < -0.4 is 0 Å². The lowest BCUT2D eigenvalue weighted by Crippen LogP contribution is -2.10. The molecule has 25 heavy (non-hydrogen) atoms. The smallest absolute Gasteiger partial charge is 0.341 e. The van der Waals surface area contributed by atoms with E-state index in [1.165, 1.54) is 13.1 Å². The maximum absolute atomic E-state index is 12.3. The van der Waals surface area contributed by atoms with E-state index in [-0.39, 0.29) is 12.2 Å². The van der Waals surface area contributed by atoms with Crippen LogP contribution in [0.3, 0.4) is 0 Å². The van der Waals surface area contributed by atoms with Crippen LogP contribution >= 0.6 is 0 Å². The van der Waals surface area contributed by atoms with Crippen molar-refractivity contribution >= 4 is 5.97 Å². The average Bonchev–Trinajstić information content (AvgIpc) is 2.61. The molecule has 0 spiro atoms. The van der Waals surface area contributed by atoms with Crippen molar-refractivity contribution in [2.24, 2.45) is 0 Å². The van der Waals surface area contributed by atoms with Crippen LogP contribution in [0.1, 0.15) is 42.2 Å². The minimum absolute atomic E-state index is 0.0760. The molecule has 0 amide bonds. The van der Waals surface area contributed by atoms with Crippen molar-refractivity contribution in [1.29, 1.82) is 0 Å². The summed E-state index contributed by atoms with van der Waals surface area (Å²) in [6, 6.07) is 9.47. The number of unbranched alkanes of at least 4 members (excludes halogenated alkanes) is 1. The highest BCUT2D eigenvalue weighted by Crippen LogP contribution is 2.17. The maximum Gasteiger partial charge on any atom is 0.341 e. The normalized spacial score (nSPS) is 10.4. The lowest BCUT2D eigenvalue weighted by Gasteiger charge is -2.08. The number of ether oxygens (including phenoxy) is 1. The maximum atomic E-state index is 12.3. The highest BCUT2D eigenvalue weighted by molar-refractivity contribution is 5.90. The van der Waals surface area contributed by atoms with Crippen LogP contribution in [0.15, 0.2) is 48.2 Å².